The van der Waals surface area contributed by atoms with Gasteiger partial charge < -0.3 is 15.4 Å². The van der Waals surface area contributed by atoms with E-state index in [1.807, 2.05) is 69.3 Å². The lowest BCUT2D eigenvalue weighted by Gasteiger charge is -2.15. The van der Waals surface area contributed by atoms with Gasteiger partial charge in [-0.1, -0.05) is 30.3 Å². The zero-order chi connectivity index (χ0) is 19.2. The van der Waals surface area contributed by atoms with Crippen LogP contribution in [-0.2, 0) is 0 Å². The van der Waals surface area contributed by atoms with Crippen LogP contribution in [0.1, 0.15) is 29.8 Å². The summed E-state index contributed by atoms with van der Waals surface area (Å²) in [6, 6.07) is 18.9. The average Bonchev–Trinajstić information content (AvgIpc) is 2.65. The molecule has 0 spiro atoms. The Morgan fingerprint density at radius 3 is 2.33 bits per heavy atom. The summed E-state index contributed by atoms with van der Waals surface area (Å²) in [4.78, 5) is 16.8. The van der Waals surface area contributed by atoms with Crippen LogP contribution in [0.4, 0.5) is 17.2 Å². The maximum Gasteiger partial charge on any atom is 0.257 e. The fourth-order valence-corrected chi connectivity index (χ4v) is 2.57. The smallest absolute Gasteiger partial charge is 0.257 e. The molecule has 0 atom stereocenters. The van der Waals surface area contributed by atoms with E-state index in [0.717, 1.165) is 22.7 Å². The van der Waals surface area contributed by atoms with Crippen LogP contribution in [-0.4, -0.2) is 17.0 Å². The molecule has 1 heterocycles. The van der Waals surface area contributed by atoms with E-state index >= 15 is 0 Å². The Labute approximate surface area is 159 Å². The molecule has 0 bridgehead atoms. The average molecular weight is 361 g/mol. The van der Waals surface area contributed by atoms with Crippen LogP contribution in [0.3, 0.4) is 0 Å². The molecular weight excluding hydrogens is 338 g/mol. The highest BCUT2D eigenvalue weighted by atomic mass is 16.5. The topological polar surface area (TPSA) is 63.2 Å². The molecule has 138 valence electrons. The van der Waals surface area contributed by atoms with Crippen molar-refractivity contribution in [3.63, 3.8) is 0 Å². The van der Waals surface area contributed by atoms with Crippen molar-refractivity contribution in [2.24, 2.45) is 0 Å². The maximum absolute atomic E-state index is 12.4. The maximum atomic E-state index is 12.4. The number of para-hydroxylation sites is 3. The van der Waals surface area contributed by atoms with Crippen LogP contribution in [0.5, 0.6) is 5.75 Å². The van der Waals surface area contributed by atoms with Crippen molar-refractivity contribution < 1.29 is 9.53 Å². The van der Waals surface area contributed by atoms with Crippen molar-refractivity contribution in [1.29, 1.82) is 0 Å². The summed E-state index contributed by atoms with van der Waals surface area (Å²) >= 11 is 0. The van der Waals surface area contributed by atoms with Gasteiger partial charge in [-0.2, -0.15) is 0 Å². The van der Waals surface area contributed by atoms with E-state index in [9.17, 15) is 4.79 Å². The monoisotopic (exact) mass is 361 g/mol. The van der Waals surface area contributed by atoms with Crippen LogP contribution in [0, 0.1) is 6.92 Å². The third kappa shape index (κ3) is 4.85. The molecule has 1 amide bonds. The second-order valence-electron chi connectivity index (χ2n) is 6.49. The van der Waals surface area contributed by atoms with Crippen molar-refractivity contribution in [2.45, 2.75) is 26.9 Å². The molecule has 3 aromatic rings. The number of nitrogens with one attached hydrogen (secondary N) is 2. The van der Waals surface area contributed by atoms with Crippen molar-refractivity contribution in [1.82, 2.24) is 4.98 Å². The summed E-state index contributed by atoms with van der Waals surface area (Å²) in [5.41, 5.74) is 3.13. The van der Waals surface area contributed by atoms with Gasteiger partial charge in [-0.3, -0.25) is 4.79 Å². The predicted molar refractivity (Wildman–Crippen MR) is 109 cm³/mol. The quantitative estimate of drug-likeness (QED) is 0.635. The van der Waals surface area contributed by atoms with Crippen molar-refractivity contribution in [2.75, 3.05) is 10.6 Å². The number of carbonyl (C=O) groups excluding carboxylic acids is 1. The van der Waals surface area contributed by atoms with E-state index in [2.05, 4.69) is 15.6 Å². The van der Waals surface area contributed by atoms with Gasteiger partial charge in [0.15, 0.2) is 0 Å². The first-order chi connectivity index (χ1) is 13.0. The fraction of sp³-hybridized carbons (Fsp3) is 0.182. The number of ether oxygens (including phenoxy) is 1. The first-order valence-electron chi connectivity index (χ1n) is 8.88. The number of amides is 1. The molecule has 5 nitrogen and oxygen atoms in total. The Morgan fingerprint density at radius 2 is 1.67 bits per heavy atom. The van der Waals surface area contributed by atoms with Gasteiger partial charge in [0.25, 0.3) is 5.91 Å². The number of hydrogen-bond acceptors (Lipinski definition) is 4. The van der Waals surface area contributed by atoms with Crippen molar-refractivity contribution >= 4 is 23.1 Å². The molecule has 0 aliphatic carbocycles. The normalized spacial score (nSPS) is 10.5. The standard InChI is InChI=1S/C22H23N3O2/c1-15(2)27-20-11-7-6-10-19(20)24-21-13-12-17(14-23-21)22(26)25-18-9-5-4-8-16(18)3/h4-15H,1-3H3,(H,23,24)(H,25,26). The number of aryl methyl sites for hydroxylation is 1. The highest BCUT2D eigenvalue weighted by Crippen LogP contribution is 2.27. The van der Waals surface area contributed by atoms with E-state index < -0.39 is 0 Å². The number of rotatable bonds is 6. The number of pyridine rings is 1. The van der Waals surface area contributed by atoms with Crippen LogP contribution in [0.25, 0.3) is 0 Å². The fourth-order valence-electron chi connectivity index (χ4n) is 2.57. The first-order valence-corrected chi connectivity index (χ1v) is 8.88. The number of benzene rings is 2. The first kappa shape index (κ1) is 18.5. The molecule has 0 aliphatic rings. The van der Waals surface area contributed by atoms with E-state index in [1.165, 1.54) is 0 Å². The second-order valence-corrected chi connectivity index (χ2v) is 6.49. The third-order valence-electron chi connectivity index (χ3n) is 3.93. The van der Waals surface area contributed by atoms with E-state index in [1.54, 1.807) is 18.3 Å². The minimum absolute atomic E-state index is 0.0772. The molecule has 0 aliphatic heterocycles. The molecule has 3 rings (SSSR count). The van der Waals surface area contributed by atoms with Gasteiger partial charge in [0.05, 0.1) is 17.4 Å². The lowest BCUT2D eigenvalue weighted by molar-refractivity contribution is 0.102. The molecule has 0 fully saturated rings. The Bertz CT molecular complexity index is 921. The Morgan fingerprint density at radius 1 is 0.963 bits per heavy atom. The van der Waals surface area contributed by atoms with Crippen molar-refractivity contribution in [3.05, 3.63) is 78.0 Å². The molecule has 5 heteroatoms. The Balaban J connectivity index is 1.71. The molecule has 2 N–H and O–H groups in total. The summed E-state index contributed by atoms with van der Waals surface area (Å²) in [6.45, 7) is 5.92. The molecule has 1 aromatic heterocycles. The van der Waals surface area contributed by atoms with E-state index in [0.29, 0.717) is 11.4 Å². The molecule has 0 radical (unpaired) electrons. The van der Waals surface area contributed by atoms with Gasteiger partial charge in [-0.05, 0) is 56.7 Å². The number of aromatic nitrogens is 1. The summed E-state index contributed by atoms with van der Waals surface area (Å²) in [7, 11) is 0. The molecule has 0 saturated heterocycles. The zero-order valence-electron chi connectivity index (χ0n) is 15.7. The van der Waals surface area contributed by atoms with Crippen molar-refractivity contribution in [3.8, 4) is 5.75 Å². The number of anilines is 3. The predicted octanol–water partition coefficient (Wildman–Crippen LogP) is 5.17. The number of hydrogen-bond donors (Lipinski definition) is 2. The minimum Gasteiger partial charge on any atom is -0.489 e. The van der Waals surface area contributed by atoms with Gasteiger partial charge >= 0.3 is 0 Å². The summed E-state index contributed by atoms with van der Waals surface area (Å²) in [5.74, 6) is 1.21. The number of nitrogens with zero attached hydrogens (tertiary/aromatic N) is 1. The molecule has 0 saturated carbocycles. The van der Waals surface area contributed by atoms with Gasteiger partial charge in [0, 0.05) is 11.9 Å². The highest BCUT2D eigenvalue weighted by molar-refractivity contribution is 6.04. The third-order valence-corrected chi connectivity index (χ3v) is 3.93. The lowest BCUT2D eigenvalue weighted by atomic mass is 10.2. The van der Waals surface area contributed by atoms with Gasteiger partial charge in [-0.25, -0.2) is 4.98 Å². The minimum atomic E-state index is -0.188. The van der Waals surface area contributed by atoms with Gasteiger partial charge in [-0.15, -0.1) is 0 Å². The van der Waals surface area contributed by atoms with E-state index in [4.69, 9.17) is 4.74 Å². The van der Waals surface area contributed by atoms with Gasteiger partial charge in [0.1, 0.15) is 11.6 Å². The lowest BCUT2D eigenvalue weighted by Crippen LogP contribution is -2.13. The van der Waals surface area contributed by atoms with Crippen LogP contribution >= 0.6 is 0 Å². The summed E-state index contributed by atoms with van der Waals surface area (Å²) in [5, 5.41) is 6.14. The second kappa shape index (κ2) is 8.36. The van der Waals surface area contributed by atoms with Crippen LogP contribution < -0.4 is 15.4 Å². The summed E-state index contributed by atoms with van der Waals surface area (Å²) < 4.78 is 5.80. The summed E-state index contributed by atoms with van der Waals surface area (Å²) in [6.07, 6.45) is 1.63. The van der Waals surface area contributed by atoms with Crippen LogP contribution in [0.2, 0.25) is 0 Å². The van der Waals surface area contributed by atoms with Crippen LogP contribution in [0.15, 0.2) is 66.9 Å². The molecular formula is C22H23N3O2. The Kier molecular flexibility index (Phi) is 5.71. The molecule has 27 heavy (non-hydrogen) atoms. The molecule has 2 aromatic carbocycles. The van der Waals surface area contributed by atoms with Gasteiger partial charge in [0.2, 0.25) is 0 Å². The largest absolute Gasteiger partial charge is 0.489 e. The SMILES string of the molecule is Cc1ccccc1NC(=O)c1ccc(Nc2ccccc2OC(C)C)nc1. The molecule has 0 unspecified atom stereocenters. The van der Waals surface area contributed by atoms with E-state index in [-0.39, 0.29) is 12.0 Å². The Hall–Kier alpha value is -3.34. The number of carbonyl (C=O) groups is 1. The highest BCUT2D eigenvalue weighted by Gasteiger charge is 2.10. The zero-order valence-corrected chi connectivity index (χ0v) is 15.7.